The maximum atomic E-state index is 12.9. The van der Waals surface area contributed by atoms with Gasteiger partial charge >= 0.3 is 0 Å². The molecule has 2 aliphatic heterocycles. The summed E-state index contributed by atoms with van der Waals surface area (Å²) in [6.07, 6.45) is 3.59. The van der Waals surface area contributed by atoms with Gasteiger partial charge in [-0.25, -0.2) is 17.7 Å². The molecule has 2 aromatic rings. The van der Waals surface area contributed by atoms with E-state index in [1.54, 1.807) is 20.2 Å². The molecule has 0 spiro atoms. The molecule has 0 amide bonds. The Labute approximate surface area is 191 Å². The summed E-state index contributed by atoms with van der Waals surface area (Å²) in [4.78, 5) is 0.343. The Morgan fingerprint density at radius 2 is 1.90 bits per heavy atom. The molecule has 0 saturated carbocycles. The third-order valence-corrected chi connectivity index (χ3v) is 8.03. The van der Waals surface area contributed by atoms with Crippen molar-refractivity contribution in [3.05, 3.63) is 59.2 Å². The highest BCUT2D eigenvalue weighted by Crippen LogP contribution is 2.41. The van der Waals surface area contributed by atoms with Gasteiger partial charge in [0.2, 0.25) is 10.0 Å². The number of fused-ring (bicyclic) bond motifs is 1. The summed E-state index contributed by atoms with van der Waals surface area (Å²) in [5.41, 5.74) is 3.16. The third-order valence-electron chi connectivity index (χ3n) is 6.24. The molecule has 1 unspecified atom stereocenters. The first kappa shape index (κ1) is 24.0. The average molecular weight is 466 g/mol. The predicted octanol–water partition coefficient (Wildman–Crippen LogP) is 3.55. The second kappa shape index (κ2) is 9.46. The Bertz CT molecular complexity index is 1010. The van der Waals surface area contributed by atoms with Crippen LogP contribution in [-0.2, 0) is 22.9 Å². The van der Waals surface area contributed by atoms with Crippen LogP contribution in [0.5, 0.6) is 5.75 Å². The van der Waals surface area contributed by atoms with Crippen molar-refractivity contribution < 1.29 is 13.2 Å². The summed E-state index contributed by atoms with van der Waals surface area (Å²) < 4.78 is 33.1. The van der Waals surface area contributed by atoms with E-state index in [4.69, 9.17) is 10.6 Å². The van der Waals surface area contributed by atoms with Gasteiger partial charge in [-0.1, -0.05) is 30.3 Å². The number of sulfonamides is 1. The summed E-state index contributed by atoms with van der Waals surface area (Å²) in [5.74, 6) is 7.57. The van der Waals surface area contributed by atoms with Gasteiger partial charge in [0.05, 0.1) is 10.9 Å². The molecule has 170 valence electrons. The SMILES string of the molecule is CC1Cc2cc(S(=O)(=O)N(C)C)cc(C[C@@H]3CCCN(N)[C@@H]3c3ccccc3)c2O1.Cl. The van der Waals surface area contributed by atoms with E-state index in [1.165, 1.54) is 9.87 Å². The maximum absolute atomic E-state index is 12.9. The van der Waals surface area contributed by atoms with Crippen LogP contribution in [0.15, 0.2) is 47.4 Å². The molecule has 1 fully saturated rings. The molecule has 0 radical (unpaired) electrons. The average Bonchev–Trinajstić information content (AvgIpc) is 3.09. The van der Waals surface area contributed by atoms with E-state index in [1.807, 2.05) is 36.2 Å². The van der Waals surface area contributed by atoms with Crippen molar-refractivity contribution in [1.82, 2.24) is 9.31 Å². The minimum atomic E-state index is -3.51. The first-order valence-corrected chi connectivity index (χ1v) is 12.0. The highest BCUT2D eigenvalue weighted by molar-refractivity contribution is 7.89. The van der Waals surface area contributed by atoms with Crippen LogP contribution >= 0.6 is 12.4 Å². The van der Waals surface area contributed by atoms with Crippen molar-refractivity contribution in [2.24, 2.45) is 11.8 Å². The van der Waals surface area contributed by atoms with Crippen molar-refractivity contribution in [3.8, 4) is 5.75 Å². The van der Waals surface area contributed by atoms with Crippen molar-refractivity contribution in [2.75, 3.05) is 20.6 Å². The predicted molar refractivity (Wildman–Crippen MR) is 125 cm³/mol. The fourth-order valence-electron chi connectivity index (χ4n) is 4.80. The monoisotopic (exact) mass is 465 g/mol. The number of nitrogens with zero attached hydrogens (tertiary/aromatic N) is 2. The zero-order valence-electron chi connectivity index (χ0n) is 18.3. The van der Waals surface area contributed by atoms with Crippen LogP contribution in [0, 0.1) is 5.92 Å². The first-order chi connectivity index (χ1) is 14.3. The molecule has 6 nitrogen and oxygen atoms in total. The van der Waals surface area contributed by atoms with Crippen molar-refractivity contribution in [1.29, 1.82) is 0 Å². The van der Waals surface area contributed by atoms with Crippen LogP contribution in [-0.4, -0.2) is 44.5 Å². The lowest BCUT2D eigenvalue weighted by Crippen LogP contribution is -2.44. The van der Waals surface area contributed by atoms with Gasteiger partial charge in [0, 0.05) is 27.1 Å². The lowest BCUT2D eigenvalue weighted by atomic mass is 9.81. The summed E-state index contributed by atoms with van der Waals surface area (Å²) >= 11 is 0. The fourth-order valence-corrected chi connectivity index (χ4v) is 5.81. The topological polar surface area (TPSA) is 75.9 Å². The molecule has 2 aromatic carbocycles. The maximum Gasteiger partial charge on any atom is 0.242 e. The van der Waals surface area contributed by atoms with Crippen LogP contribution < -0.4 is 10.6 Å². The lowest BCUT2D eigenvalue weighted by molar-refractivity contribution is 0.0920. The third kappa shape index (κ3) is 4.76. The van der Waals surface area contributed by atoms with Gasteiger partial charge in [-0.15, -0.1) is 12.4 Å². The van der Waals surface area contributed by atoms with Gasteiger partial charge in [-0.05, 0) is 60.9 Å². The van der Waals surface area contributed by atoms with E-state index in [9.17, 15) is 8.42 Å². The first-order valence-electron chi connectivity index (χ1n) is 10.6. The number of hydrogen-bond acceptors (Lipinski definition) is 5. The Kier molecular flexibility index (Phi) is 7.33. The normalized spacial score (nSPS) is 23.8. The van der Waals surface area contributed by atoms with E-state index in [0.717, 1.165) is 49.1 Å². The lowest BCUT2D eigenvalue weighted by Gasteiger charge is -2.39. The smallest absolute Gasteiger partial charge is 0.242 e. The van der Waals surface area contributed by atoms with E-state index < -0.39 is 10.0 Å². The number of halogens is 1. The van der Waals surface area contributed by atoms with Crippen LogP contribution in [0.2, 0.25) is 0 Å². The minimum Gasteiger partial charge on any atom is -0.490 e. The Morgan fingerprint density at radius 1 is 1.19 bits per heavy atom. The Hall–Kier alpha value is -1.64. The van der Waals surface area contributed by atoms with Gasteiger partial charge in [-0.3, -0.25) is 5.84 Å². The molecule has 8 heteroatoms. The Morgan fingerprint density at radius 3 is 2.58 bits per heavy atom. The van der Waals surface area contributed by atoms with E-state index in [-0.39, 0.29) is 30.5 Å². The number of hydrazine groups is 1. The zero-order valence-corrected chi connectivity index (χ0v) is 20.0. The molecule has 1 saturated heterocycles. The standard InChI is InChI=1S/C23H31N3O3S.ClH/c1-16-12-19-14-21(30(27,28)25(2)3)15-20(23(19)29-16)13-18-10-7-11-26(24)22(18)17-8-5-4-6-9-17;/h4-6,8-9,14-16,18,22H,7,10-13,24H2,1-3H3;1H/t16?,18-,22+;/m0./s1. The summed E-state index contributed by atoms with van der Waals surface area (Å²) in [6, 6.07) is 14.0. The number of nitrogens with two attached hydrogens (primary N) is 1. The number of rotatable bonds is 5. The second-order valence-corrected chi connectivity index (χ2v) is 10.8. The molecule has 0 bridgehead atoms. The van der Waals surface area contributed by atoms with E-state index >= 15 is 0 Å². The molecule has 31 heavy (non-hydrogen) atoms. The van der Waals surface area contributed by atoms with Crippen LogP contribution in [0.3, 0.4) is 0 Å². The van der Waals surface area contributed by atoms with Crippen molar-refractivity contribution in [2.45, 2.75) is 49.6 Å². The van der Waals surface area contributed by atoms with Gasteiger partial charge < -0.3 is 4.74 Å². The van der Waals surface area contributed by atoms with Gasteiger partial charge in [0.15, 0.2) is 0 Å². The van der Waals surface area contributed by atoms with Crippen molar-refractivity contribution >= 4 is 22.4 Å². The largest absolute Gasteiger partial charge is 0.490 e. The van der Waals surface area contributed by atoms with Crippen molar-refractivity contribution in [3.63, 3.8) is 0 Å². The van der Waals surface area contributed by atoms with Gasteiger partial charge in [0.1, 0.15) is 11.9 Å². The quantitative estimate of drug-likeness (QED) is 0.683. The molecule has 0 aliphatic carbocycles. The summed E-state index contributed by atoms with van der Waals surface area (Å²) in [5, 5.41) is 1.94. The number of benzene rings is 2. The number of hydrogen-bond donors (Lipinski definition) is 1. The summed E-state index contributed by atoms with van der Waals surface area (Å²) in [7, 11) is -0.374. The number of ether oxygens (including phenoxy) is 1. The molecular formula is C23H32ClN3O3S. The minimum absolute atomic E-state index is 0. The molecule has 0 aromatic heterocycles. The van der Waals surface area contributed by atoms with Crippen LogP contribution in [0.25, 0.3) is 0 Å². The van der Waals surface area contributed by atoms with Gasteiger partial charge in [0.25, 0.3) is 0 Å². The van der Waals surface area contributed by atoms with E-state index in [0.29, 0.717) is 4.90 Å². The second-order valence-electron chi connectivity index (χ2n) is 8.69. The highest BCUT2D eigenvalue weighted by atomic mass is 35.5. The Balaban J connectivity index is 0.00000272. The molecule has 2 N–H and O–H groups in total. The summed E-state index contributed by atoms with van der Waals surface area (Å²) in [6.45, 7) is 2.88. The molecule has 4 rings (SSSR count). The van der Waals surface area contributed by atoms with E-state index in [2.05, 4.69) is 12.1 Å². The molecule has 3 atom stereocenters. The molecular weight excluding hydrogens is 434 g/mol. The number of piperidine rings is 1. The van der Waals surface area contributed by atoms with Crippen LogP contribution in [0.1, 0.15) is 42.5 Å². The van der Waals surface area contributed by atoms with Gasteiger partial charge in [-0.2, -0.15) is 0 Å². The highest BCUT2D eigenvalue weighted by Gasteiger charge is 2.34. The molecule has 2 aliphatic rings. The fraction of sp³-hybridized carbons (Fsp3) is 0.478. The zero-order chi connectivity index (χ0) is 21.5. The molecule has 2 heterocycles. The van der Waals surface area contributed by atoms with Crippen LogP contribution in [0.4, 0.5) is 0 Å².